The highest BCUT2D eigenvalue weighted by Crippen LogP contribution is 2.17. The standard InChI is InChI=1S/C17H20N2O/c1-13-7-5-6-10-16(13)19-17(20)12-11-15(18)14-8-3-2-4-9-14/h2-10,15H,11-12,18H2,1H3,(H,19,20). The fourth-order valence-corrected chi connectivity index (χ4v) is 2.08. The molecular weight excluding hydrogens is 248 g/mol. The Bertz CT molecular complexity index is 566. The zero-order chi connectivity index (χ0) is 14.4. The summed E-state index contributed by atoms with van der Waals surface area (Å²) in [7, 11) is 0. The number of para-hydroxylation sites is 1. The molecule has 1 amide bonds. The highest BCUT2D eigenvalue weighted by atomic mass is 16.1. The molecule has 3 heteroatoms. The number of nitrogens with two attached hydrogens (primary N) is 1. The maximum absolute atomic E-state index is 11.9. The maximum Gasteiger partial charge on any atom is 0.224 e. The molecule has 0 saturated heterocycles. The molecule has 0 aliphatic carbocycles. The number of benzene rings is 2. The smallest absolute Gasteiger partial charge is 0.224 e. The second-order valence-electron chi connectivity index (χ2n) is 4.92. The van der Waals surface area contributed by atoms with Gasteiger partial charge in [-0.15, -0.1) is 0 Å². The predicted octanol–water partition coefficient (Wildman–Crippen LogP) is 3.41. The van der Waals surface area contributed by atoms with Gasteiger partial charge in [0.2, 0.25) is 5.91 Å². The SMILES string of the molecule is Cc1ccccc1NC(=O)CCC(N)c1ccccc1. The van der Waals surface area contributed by atoms with Crippen molar-refractivity contribution >= 4 is 11.6 Å². The van der Waals surface area contributed by atoms with Crippen LogP contribution in [0.5, 0.6) is 0 Å². The third-order valence-electron chi connectivity index (χ3n) is 3.33. The monoisotopic (exact) mass is 268 g/mol. The van der Waals surface area contributed by atoms with Crippen LogP contribution in [0.2, 0.25) is 0 Å². The lowest BCUT2D eigenvalue weighted by molar-refractivity contribution is -0.116. The number of hydrogen-bond acceptors (Lipinski definition) is 2. The van der Waals surface area contributed by atoms with Crippen molar-refractivity contribution in [1.29, 1.82) is 0 Å². The molecule has 0 aliphatic rings. The summed E-state index contributed by atoms with van der Waals surface area (Å²) < 4.78 is 0. The number of amides is 1. The predicted molar refractivity (Wildman–Crippen MR) is 82.4 cm³/mol. The minimum Gasteiger partial charge on any atom is -0.326 e. The highest BCUT2D eigenvalue weighted by Gasteiger charge is 2.09. The largest absolute Gasteiger partial charge is 0.326 e. The molecule has 1 unspecified atom stereocenters. The van der Waals surface area contributed by atoms with Gasteiger partial charge in [0.15, 0.2) is 0 Å². The van der Waals surface area contributed by atoms with E-state index in [1.807, 2.05) is 61.5 Å². The highest BCUT2D eigenvalue weighted by molar-refractivity contribution is 5.91. The van der Waals surface area contributed by atoms with Crippen LogP contribution >= 0.6 is 0 Å². The molecule has 2 rings (SSSR count). The molecular formula is C17H20N2O. The Morgan fingerprint density at radius 2 is 1.75 bits per heavy atom. The molecule has 0 fully saturated rings. The first-order valence-corrected chi connectivity index (χ1v) is 6.83. The molecule has 2 aromatic rings. The van der Waals surface area contributed by atoms with Crippen LogP contribution in [0.25, 0.3) is 0 Å². The zero-order valence-electron chi connectivity index (χ0n) is 11.7. The summed E-state index contributed by atoms with van der Waals surface area (Å²) in [5, 5.41) is 2.92. The number of carbonyl (C=O) groups excluding carboxylic acids is 1. The first-order valence-electron chi connectivity index (χ1n) is 6.83. The van der Waals surface area contributed by atoms with Crippen molar-refractivity contribution in [2.24, 2.45) is 5.73 Å². The van der Waals surface area contributed by atoms with Crippen LogP contribution in [0.4, 0.5) is 5.69 Å². The van der Waals surface area contributed by atoms with Crippen LogP contribution in [-0.4, -0.2) is 5.91 Å². The molecule has 0 aliphatic heterocycles. The van der Waals surface area contributed by atoms with Gasteiger partial charge in [-0.05, 0) is 30.5 Å². The van der Waals surface area contributed by atoms with Crippen LogP contribution in [-0.2, 0) is 4.79 Å². The third kappa shape index (κ3) is 3.93. The Labute approximate surface area is 119 Å². The van der Waals surface area contributed by atoms with Crippen molar-refractivity contribution in [3.05, 3.63) is 65.7 Å². The quantitative estimate of drug-likeness (QED) is 0.873. The number of nitrogens with one attached hydrogen (secondary N) is 1. The van der Waals surface area contributed by atoms with Crippen molar-refractivity contribution in [3.63, 3.8) is 0 Å². The molecule has 0 spiro atoms. The topological polar surface area (TPSA) is 55.1 Å². The van der Waals surface area contributed by atoms with Gasteiger partial charge in [0.25, 0.3) is 0 Å². The average Bonchev–Trinajstić information content (AvgIpc) is 2.48. The summed E-state index contributed by atoms with van der Waals surface area (Å²) in [6.45, 7) is 1.98. The van der Waals surface area contributed by atoms with Crippen LogP contribution in [0.15, 0.2) is 54.6 Å². The molecule has 104 valence electrons. The Hall–Kier alpha value is -2.13. The molecule has 0 saturated carbocycles. The van der Waals surface area contributed by atoms with E-state index in [4.69, 9.17) is 5.73 Å². The fourth-order valence-electron chi connectivity index (χ4n) is 2.08. The molecule has 1 atom stereocenters. The summed E-state index contributed by atoms with van der Waals surface area (Å²) in [6.07, 6.45) is 1.06. The van der Waals surface area contributed by atoms with Crippen LogP contribution < -0.4 is 11.1 Å². The van der Waals surface area contributed by atoms with E-state index in [2.05, 4.69) is 5.32 Å². The van der Waals surface area contributed by atoms with Gasteiger partial charge >= 0.3 is 0 Å². The number of anilines is 1. The van der Waals surface area contributed by atoms with Gasteiger partial charge in [-0.3, -0.25) is 4.79 Å². The van der Waals surface area contributed by atoms with E-state index in [0.717, 1.165) is 16.8 Å². The van der Waals surface area contributed by atoms with Crippen LogP contribution in [0, 0.1) is 6.92 Å². The van der Waals surface area contributed by atoms with E-state index >= 15 is 0 Å². The normalized spacial score (nSPS) is 11.9. The van der Waals surface area contributed by atoms with Crippen molar-refractivity contribution < 1.29 is 4.79 Å². The van der Waals surface area contributed by atoms with Gasteiger partial charge in [0.1, 0.15) is 0 Å². The second kappa shape index (κ2) is 6.87. The zero-order valence-corrected chi connectivity index (χ0v) is 11.7. The van der Waals surface area contributed by atoms with Gasteiger partial charge in [-0.1, -0.05) is 48.5 Å². The summed E-state index contributed by atoms with van der Waals surface area (Å²) >= 11 is 0. The summed E-state index contributed by atoms with van der Waals surface area (Å²) in [5.41, 5.74) is 9.08. The molecule has 3 nitrogen and oxygen atoms in total. The van der Waals surface area contributed by atoms with E-state index < -0.39 is 0 Å². The van der Waals surface area contributed by atoms with Crippen molar-refractivity contribution in [1.82, 2.24) is 0 Å². The molecule has 3 N–H and O–H groups in total. The molecule has 2 aromatic carbocycles. The molecule has 20 heavy (non-hydrogen) atoms. The Balaban J connectivity index is 1.85. The van der Waals surface area contributed by atoms with E-state index in [1.54, 1.807) is 0 Å². The number of aryl methyl sites for hydroxylation is 1. The Morgan fingerprint density at radius 1 is 1.10 bits per heavy atom. The van der Waals surface area contributed by atoms with Gasteiger partial charge < -0.3 is 11.1 Å². The van der Waals surface area contributed by atoms with Crippen molar-refractivity contribution in [2.45, 2.75) is 25.8 Å². The van der Waals surface area contributed by atoms with Gasteiger partial charge in [-0.25, -0.2) is 0 Å². The minimum absolute atomic E-state index is 0.00526. The van der Waals surface area contributed by atoms with Crippen LogP contribution in [0.1, 0.15) is 30.0 Å². The van der Waals surface area contributed by atoms with E-state index in [0.29, 0.717) is 12.8 Å². The molecule has 0 heterocycles. The summed E-state index contributed by atoms with van der Waals surface area (Å²) in [4.78, 5) is 11.9. The second-order valence-corrected chi connectivity index (χ2v) is 4.92. The van der Waals surface area contributed by atoms with Gasteiger partial charge in [0, 0.05) is 18.2 Å². The molecule has 0 aromatic heterocycles. The van der Waals surface area contributed by atoms with E-state index in [1.165, 1.54) is 0 Å². The van der Waals surface area contributed by atoms with Gasteiger partial charge in [0.05, 0.1) is 0 Å². The third-order valence-corrected chi connectivity index (χ3v) is 3.33. The Morgan fingerprint density at radius 3 is 2.45 bits per heavy atom. The lowest BCUT2D eigenvalue weighted by Gasteiger charge is -2.12. The van der Waals surface area contributed by atoms with Crippen molar-refractivity contribution in [3.8, 4) is 0 Å². The number of hydrogen-bond donors (Lipinski definition) is 2. The lowest BCUT2D eigenvalue weighted by atomic mass is 10.0. The minimum atomic E-state index is -0.0983. The van der Waals surface area contributed by atoms with E-state index in [-0.39, 0.29) is 11.9 Å². The van der Waals surface area contributed by atoms with E-state index in [9.17, 15) is 4.79 Å². The van der Waals surface area contributed by atoms with Gasteiger partial charge in [-0.2, -0.15) is 0 Å². The first-order chi connectivity index (χ1) is 9.66. The van der Waals surface area contributed by atoms with Crippen molar-refractivity contribution in [2.75, 3.05) is 5.32 Å². The lowest BCUT2D eigenvalue weighted by Crippen LogP contribution is -2.17. The van der Waals surface area contributed by atoms with Crippen LogP contribution in [0.3, 0.4) is 0 Å². The summed E-state index contributed by atoms with van der Waals surface area (Å²) in [5.74, 6) is 0.00526. The first kappa shape index (κ1) is 14.3. The fraction of sp³-hybridized carbons (Fsp3) is 0.235. The maximum atomic E-state index is 11.9. The number of rotatable bonds is 5. The summed E-state index contributed by atoms with van der Waals surface area (Å²) in [6, 6.07) is 17.5. The molecule has 0 bridgehead atoms. The molecule has 0 radical (unpaired) electrons. The number of carbonyl (C=O) groups is 1. The average molecular weight is 268 g/mol. The Kier molecular flexibility index (Phi) is 4.91.